The Kier molecular flexibility index (Phi) is 5.77. The summed E-state index contributed by atoms with van der Waals surface area (Å²) < 4.78 is 3.55. The molecular formula is C24H27N7O. The molecule has 0 N–H and O–H groups in total. The molecular weight excluding hydrogens is 402 g/mol. The predicted octanol–water partition coefficient (Wildman–Crippen LogP) is 4.17. The van der Waals surface area contributed by atoms with Gasteiger partial charge in [-0.05, 0) is 44.0 Å². The van der Waals surface area contributed by atoms with E-state index in [1.165, 1.54) is 6.33 Å². The van der Waals surface area contributed by atoms with Gasteiger partial charge in [-0.2, -0.15) is 0 Å². The van der Waals surface area contributed by atoms with Crippen molar-refractivity contribution in [2.24, 2.45) is 0 Å². The molecule has 0 spiro atoms. The Morgan fingerprint density at radius 1 is 0.938 bits per heavy atom. The van der Waals surface area contributed by atoms with Gasteiger partial charge in [0.1, 0.15) is 17.7 Å². The quantitative estimate of drug-likeness (QED) is 0.428. The van der Waals surface area contributed by atoms with Crippen LogP contribution >= 0.6 is 0 Å². The molecule has 0 saturated heterocycles. The summed E-state index contributed by atoms with van der Waals surface area (Å²) in [5, 5.41) is 0.526. The number of nitrogens with zero attached hydrogens (tertiary/aromatic N) is 7. The smallest absolute Gasteiger partial charge is 0.267 e. The summed E-state index contributed by atoms with van der Waals surface area (Å²) in [5.74, 6) is 0.565. The van der Waals surface area contributed by atoms with E-state index in [2.05, 4.69) is 19.9 Å². The van der Waals surface area contributed by atoms with E-state index in [-0.39, 0.29) is 6.99 Å². The van der Waals surface area contributed by atoms with Crippen LogP contribution in [-0.4, -0.2) is 34.1 Å². The summed E-state index contributed by atoms with van der Waals surface area (Å²) in [6.45, 7) is 10.1. The van der Waals surface area contributed by atoms with Crippen molar-refractivity contribution in [2.45, 2.75) is 41.2 Å². The van der Waals surface area contributed by atoms with Crippen LogP contribution in [0.1, 0.15) is 37.9 Å². The third-order valence-electron chi connectivity index (χ3n) is 5.30. The number of imidazole rings is 1. The van der Waals surface area contributed by atoms with Crippen molar-refractivity contribution in [2.75, 3.05) is 0 Å². The Balaban J connectivity index is 0.000000994. The average Bonchev–Trinajstić information content (AvgIpc) is 3.20. The van der Waals surface area contributed by atoms with Gasteiger partial charge in [0.05, 0.1) is 29.6 Å². The van der Waals surface area contributed by atoms with Gasteiger partial charge in [0.2, 0.25) is 0 Å². The van der Waals surface area contributed by atoms with Crippen molar-refractivity contribution in [3.8, 4) is 5.69 Å². The van der Waals surface area contributed by atoms with Crippen LogP contribution in [0.3, 0.4) is 0 Å². The molecule has 8 nitrogen and oxygen atoms in total. The number of aryl methyl sites for hydroxylation is 3. The molecule has 32 heavy (non-hydrogen) atoms. The topological polar surface area (TPSA) is 91.4 Å². The number of hydrogen-bond donors (Lipinski definition) is 0. The average molecular weight is 430 g/mol. The maximum absolute atomic E-state index is 13.6. The van der Waals surface area contributed by atoms with Gasteiger partial charge in [-0.3, -0.25) is 9.36 Å². The van der Waals surface area contributed by atoms with Gasteiger partial charge in [0.15, 0.2) is 11.3 Å². The Bertz CT molecular complexity index is 1490. The zero-order valence-corrected chi connectivity index (χ0v) is 18.9. The number of hydrogen-bond acceptors (Lipinski definition) is 6. The second-order valence-electron chi connectivity index (χ2n) is 7.29. The standard InChI is InChI=1S/C22H19N7O.C2H6.H2/c1-13-6-4-5-7-16(13)29-17(27-20-18(22(29)30)14(2)8-9-23-20)10-28-12-26-19-15(3)24-11-25-21(19)28;1-2;/h4-9,11-12H,10H2,1-3H3;1-2H3;1H. The fraction of sp³-hybridized carbons (Fsp3) is 0.250. The van der Waals surface area contributed by atoms with E-state index in [0.717, 1.165) is 28.0 Å². The van der Waals surface area contributed by atoms with Crippen LogP contribution in [0.5, 0.6) is 0 Å². The maximum atomic E-state index is 13.6. The second-order valence-corrected chi connectivity index (χ2v) is 7.29. The zero-order chi connectivity index (χ0) is 22.8. The highest BCUT2D eigenvalue weighted by atomic mass is 16.1. The van der Waals surface area contributed by atoms with E-state index < -0.39 is 0 Å². The number of fused-ring (bicyclic) bond motifs is 2. The number of pyridine rings is 1. The van der Waals surface area contributed by atoms with Crippen molar-refractivity contribution in [3.05, 3.63) is 82.2 Å². The molecule has 0 aliphatic rings. The lowest BCUT2D eigenvalue weighted by molar-refractivity contribution is 0.715. The van der Waals surface area contributed by atoms with Crippen molar-refractivity contribution < 1.29 is 1.43 Å². The molecule has 164 valence electrons. The van der Waals surface area contributed by atoms with Gasteiger partial charge in [0.25, 0.3) is 5.56 Å². The van der Waals surface area contributed by atoms with E-state index in [0.29, 0.717) is 29.0 Å². The molecule has 0 amide bonds. The minimum absolute atomic E-state index is 0. The van der Waals surface area contributed by atoms with Crippen LogP contribution in [0.2, 0.25) is 0 Å². The van der Waals surface area contributed by atoms with Gasteiger partial charge in [-0.1, -0.05) is 32.0 Å². The molecule has 1 aromatic carbocycles. The molecule has 0 saturated carbocycles. The Morgan fingerprint density at radius 3 is 2.50 bits per heavy atom. The van der Waals surface area contributed by atoms with E-state index in [9.17, 15) is 4.79 Å². The van der Waals surface area contributed by atoms with E-state index in [1.807, 2.05) is 69.5 Å². The Labute approximate surface area is 187 Å². The summed E-state index contributed by atoms with van der Waals surface area (Å²) in [4.78, 5) is 35.7. The van der Waals surface area contributed by atoms with E-state index in [1.54, 1.807) is 17.1 Å². The number of aromatic nitrogens is 7. The molecule has 0 radical (unpaired) electrons. The molecule has 5 rings (SSSR count). The number of rotatable bonds is 3. The van der Waals surface area contributed by atoms with Gasteiger partial charge < -0.3 is 4.57 Å². The lowest BCUT2D eigenvalue weighted by Crippen LogP contribution is -2.26. The largest absolute Gasteiger partial charge is 0.307 e. The monoisotopic (exact) mass is 429 g/mol. The molecule has 4 aromatic heterocycles. The van der Waals surface area contributed by atoms with Gasteiger partial charge >= 0.3 is 0 Å². The Morgan fingerprint density at radius 2 is 1.72 bits per heavy atom. The molecule has 0 aliphatic heterocycles. The third kappa shape index (κ3) is 3.53. The van der Waals surface area contributed by atoms with Gasteiger partial charge in [0, 0.05) is 7.62 Å². The van der Waals surface area contributed by atoms with E-state index in [4.69, 9.17) is 4.98 Å². The van der Waals surface area contributed by atoms with Gasteiger partial charge in [-0.25, -0.2) is 24.9 Å². The fourth-order valence-corrected chi connectivity index (χ4v) is 3.73. The van der Waals surface area contributed by atoms with Crippen molar-refractivity contribution in [1.29, 1.82) is 0 Å². The summed E-state index contributed by atoms with van der Waals surface area (Å²) in [6, 6.07) is 9.61. The molecule has 0 atom stereocenters. The number of para-hydroxylation sites is 1. The fourth-order valence-electron chi connectivity index (χ4n) is 3.73. The minimum atomic E-state index is -0.134. The first-order valence-corrected chi connectivity index (χ1v) is 10.6. The second kappa shape index (κ2) is 8.66. The molecule has 5 aromatic rings. The zero-order valence-electron chi connectivity index (χ0n) is 18.9. The predicted molar refractivity (Wildman–Crippen MR) is 127 cm³/mol. The lowest BCUT2D eigenvalue weighted by atomic mass is 10.1. The SMILES string of the molecule is CC.Cc1ccccc1-n1c(Cn2cnc3c(C)ncnc32)nc2nccc(C)c2c1=O.[HH]. The third-order valence-corrected chi connectivity index (χ3v) is 5.30. The van der Waals surface area contributed by atoms with Crippen LogP contribution in [0, 0.1) is 20.8 Å². The van der Waals surface area contributed by atoms with Crippen LogP contribution in [0.15, 0.2) is 54.0 Å². The summed E-state index contributed by atoms with van der Waals surface area (Å²) in [5.41, 5.74) is 5.17. The van der Waals surface area contributed by atoms with Crippen LogP contribution in [-0.2, 0) is 6.54 Å². The van der Waals surface area contributed by atoms with Crippen LogP contribution in [0.4, 0.5) is 0 Å². The summed E-state index contributed by atoms with van der Waals surface area (Å²) >= 11 is 0. The summed E-state index contributed by atoms with van der Waals surface area (Å²) in [7, 11) is 0. The maximum Gasteiger partial charge on any atom is 0.267 e. The molecule has 0 bridgehead atoms. The molecule has 0 unspecified atom stereocenters. The molecule has 0 fully saturated rings. The normalized spacial score (nSPS) is 10.9. The first-order chi connectivity index (χ1) is 15.5. The first kappa shape index (κ1) is 21.3. The molecule has 8 heteroatoms. The first-order valence-electron chi connectivity index (χ1n) is 10.6. The minimum Gasteiger partial charge on any atom is -0.307 e. The highest BCUT2D eigenvalue weighted by molar-refractivity contribution is 5.78. The van der Waals surface area contributed by atoms with Crippen LogP contribution < -0.4 is 5.56 Å². The van der Waals surface area contributed by atoms with Gasteiger partial charge in [-0.15, -0.1) is 0 Å². The number of benzene rings is 1. The Hall–Kier alpha value is -3.94. The highest BCUT2D eigenvalue weighted by Gasteiger charge is 2.18. The van der Waals surface area contributed by atoms with E-state index >= 15 is 0 Å². The van der Waals surface area contributed by atoms with Crippen LogP contribution in [0.25, 0.3) is 27.9 Å². The lowest BCUT2D eigenvalue weighted by Gasteiger charge is -2.16. The highest BCUT2D eigenvalue weighted by Crippen LogP contribution is 2.19. The van der Waals surface area contributed by atoms with Crippen molar-refractivity contribution in [1.82, 2.24) is 34.1 Å². The molecule has 0 aliphatic carbocycles. The molecule has 4 heterocycles. The van der Waals surface area contributed by atoms with Crippen molar-refractivity contribution >= 4 is 22.2 Å². The summed E-state index contributed by atoms with van der Waals surface area (Å²) in [6.07, 6.45) is 4.90. The van der Waals surface area contributed by atoms with Crippen molar-refractivity contribution in [3.63, 3.8) is 0 Å².